The molecule has 0 saturated heterocycles. The van der Waals surface area contributed by atoms with E-state index in [9.17, 15) is 9.90 Å². The van der Waals surface area contributed by atoms with E-state index >= 15 is 0 Å². The number of carboxylic acid groups (broad SMARTS) is 1. The van der Waals surface area contributed by atoms with Crippen LogP contribution in [0, 0.1) is 11.8 Å². The van der Waals surface area contributed by atoms with Gasteiger partial charge in [0.15, 0.2) is 16.6 Å². The van der Waals surface area contributed by atoms with Crippen LogP contribution >= 0.6 is 0 Å². The van der Waals surface area contributed by atoms with Crippen LogP contribution in [-0.2, 0) is 20.1 Å². The highest BCUT2D eigenvalue weighted by molar-refractivity contribution is 6.74. The predicted molar refractivity (Wildman–Crippen MR) is 181 cm³/mol. The van der Waals surface area contributed by atoms with E-state index in [2.05, 4.69) is 110 Å². The van der Waals surface area contributed by atoms with Crippen molar-refractivity contribution in [1.82, 2.24) is 0 Å². The van der Waals surface area contributed by atoms with Gasteiger partial charge in [0.25, 0.3) is 0 Å². The average Bonchev–Trinajstić information content (AvgIpc) is 3.14. The van der Waals surface area contributed by atoms with Gasteiger partial charge in [-0.3, -0.25) is 4.79 Å². The topological polar surface area (TPSA) is 76.0 Å². The lowest BCUT2D eigenvalue weighted by molar-refractivity contribution is -0.137. The van der Waals surface area contributed by atoms with Crippen molar-refractivity contribution < 1.29 is 23.9 Å². The Morgan fingerprint density at radius 1 is 0.952 bits per heavy atom. The number of rotatable bonds is 16. The van der Waals surface area contributed by atoms with Gasteiger partial charge in [0.2, 0.25) is 0 Å². The monoisotopic (exact) mass is 618 g/mol. The van der Waals surface area contributed by atoms with Gasteiger partial charge < -0.3 is 19.1 Å². The van der Waals surface area contributed by atoms with E-state index in [0.29, 0.717) is 12.8 Å². The zero-order valence-electron chi connectivity index (χ0n) is 28.4. The molecule has 0 bridgehead atoms. The number of aliphatic hydroxyl groups excluding tert-OH is 1. The van der Waals surface area contributed by atoms with E-state index in [0.717, 1.165) is 38.5 Å². The Bertz CT molecular complexity index is 977. The summed E-state index contributed by atoms with van der Waals surface area (Å²) in [5.74, 6) is -0.347. The molecule has 1 aliphatic rings. The third kappa shape index (κ3) is 11.3. The molecule has 1 saturated carbocycles. The van der Waals surface area contributed by atoms with Gasteiger partial charge in [0.05, 0.1) is 12.2 Å². The van der Waals surface area contributed by atoms with Gasteiger partial charge in [-0.15, -0.1) is 0 Å². The zero-order chi connectivity index (χ0) is 31.8. The van der Waals surface area contributed by atoms with Gasteiger partial charge in [-0.05, 0) is 105 Å². The summed E-state index contributed by atoms with van der Waals surface area (Å²) in [6.07, 6.45) is 11.1. The van der Waals surface area contributed by atoms with E-state index in [1.807, 2.05) is 0 Å². The Morgan fingerprint density at radius 3 is 2.14 bits per heavy atom. The summed E-state index contributed by atoms with van der Waals surface area (Å²) in [7, 11) is -3.98. The molecule has 1 aliphatic carbocycles. The summed E-state index contributed by atoms with van der Waals surface area (Å²) >= 11 is 0. The molecule has 5 nitrogen and oxygen atoms in total. The first-order chi connectivity index (χ1) is 19.3. The molecule has 2 rings (SSSR count). The first kappa shape index (κ1) is 36.9. The first-order valence-electron chi connectivity index (χ1n) is 16.3. The summed E-state index contributed by atoms with van der Waals surface area (Å²) in [6, 6.07) is 10.7. The molecule has 2 N–H and O–H groups in total. The summed E-state index contributed by atoms with van der Waals surface area (Å²) < 4.78 is 14.1. The molecular weight excluding hydrogens is 557 g/mol. The van der Waals surface area contributed by atoms with Crippen LogP contribution < -0.4 is 0 Å². The van der Waals surface area contributed by atoms with E-state index in [1.165, 1.54) is 5.56 Å². The number of aliphatic hydroxyl groups is 1. The number of hydrogen-bond donors (Lipinski definition) is 2. The Labute approximate surface area is 259 Å². The van der Waals surface area contributed by atoms with Gasteiger partial charge in [-0.1, -0.05) is 84.0 Å². The second kappa shape index (κ2) is 15.6. The molecule has 0 amide bonds. The molecule has 0 aromatic heterocycles. The lowest BCUT2D eigenvalue weighted by Gasteiger charge is -2.41. The minimum Gasteiger partial charge on any atom is -0.481 e. The van der Waals surface area contributed by atoms with Crippen LogP contribution in [0.2, 0.25) is 36.3 Å². The van der Waals surface area contributed by atoms with Crippen molar-refractivity contribution in [1.29, 1.82) is 0 Å². The Balaban J connectivity index is 2.25. The molecule has 0 radical (unpaired) electrons. The number of carboxylic acids is 1. The Hall–Kier alpha value is -1.26. The molecule has 0 aliphatic heterocycles. The number of hydrogen-bond acceptors (Lipinski definition) is 4. The minimum atomic E-state index is -2.02. The van der Waals surface area contributed by atoms with Gasteiger partial charge >= 0.3 is 5.97 Å². The van der Waals surface area contributed by atoms with Gasteiger partial charge in [0, 0.05) is 12.5 Å². The molecule has 1 aromatic rings. The Morgan fingerprint density at radius 2 is 1.57 bits per heavy atom. The van der Waals surface area contributed by atoms with Crippen molar-refractivity contribution in [2.75, 3.05) is 0 Å². The molecule has 0 heterocycles. The summed E-state index contributed by atoms with van der Waals surface area (Å²) in [6.45, 7) is 23.1. The van der Waals surface area contributed by atoms with Crippen LogP contribution in [0.25, 0.3) is 0 Å². The summed E-state index contributed by atoms with van der Waals surface area (Å²) in [5, 5.41) is 20.5. The van der Waals surface area contributed by atoms with Crippen LogP contribution in [0.3, 0.4) is 0 Å². The lowest BCUT2D eigenvalue weighted by Crippen LogP contribution is -2.45. The molecule has 0 spiro atoms. The smallest absolute Gasteiger partial charge is 0.303 e. The lowest BCUT2D eigenvalue weighted by atomic mass is 9.85. The molecule has 0 unspecified atom stereocenters. The fourth-order valence-electron chi connectivity index (χ4n) is 5.52. The maximum Gasteiger partial charge on any atom is 0.303 e. The fraction of sp³-hybridized carbons (Fsp3) is 0.743. The zero-order valence-corrected chi connectivity index (χ0v) is 30.4. The first-order valence-corrected chi connectivity index (χ1v) is 22.1. The second-order valence-electron chi connectivity index (χ2n) is 15.6. The van der Waals surface area contributed by atoms with Gasteiger partial charge in [0.1, 0.15) is 0 Å². The maximum atomic E-state index is 11.3. The van der Waals surface area contributed by atoms with E-state index in [-0.39, 0.29) is 40.5 Å². The van der Waals surface area contributed by atoms with Gasteiger partial charge in [-0.25, -0.2) is 0 Å². The Kier molecular flexibility index (Phi) is 13.8. The molecule has 240 valence electrons. The van der Waals surface area contributed by atoms with Crippen molar-refractivity contribution in [3.63, 3.8) is 0 Å². The highest BCUT2D eigenvalue weighted by Crippen LogP contribution is 2.46. The summed E-state index contributed by atoms with van der Waals surface area (Å²) in [4.78, 5) is 10.9. The van der Waals surface area contributed by atoms with Crippen molar-refractivity contribution in [2.24, 2.45) is 11.8 Å². The van der Waals surface area contributed by atoms with Crippen molar-refractivity contribution in [3.05, 3.63) is 48.0 Å². The van der Waals surface area contributed by atoms with E-state index in [4.69, 9.17) is 14.0 Å². The van der Waals surface area contributed by atoms with E-state index in [1.54, 1.807) is 0 Å². The quantitative estimate of drug-likeness (QED) is 0.110. The van der Waals surface area contributed by atoms with Crippen LogP contribution in [0.4, 0.5) is 0 Å². The average molecular weight is 619 g/mol. The van der Waals surface area contributed by atoms with Gasteiger partial charge in [-0.2, -0.15) is 0 Å². The minimum absolute atomic E-state index is 0.0500. The summed E-state index contributed by atoms with van der Waals surface area (Å²) in [5.41, 5.74) is 1.35. The molecule has 42 heavy (non-hydrogen) atoms. The molecule has 1 fully saturated rings. The standard InChI is InChI=1S/C35H62O5Si2/c1-34(2,3)41(7,8)39-28(23-22-27-18-14-13-15-19-27)24-25-30-29(20-16-11-12-17-21-33(37)38)31(36)26-32(30)40-42(9,10)35(4,5)6/h11,13-16,18-19,28-32,36H,12,17,20-26H2,1-10H3,(H,37,38)/b16-11+/t28-,29+,30+,31-,32+/m0/s1. The second-order valence-corrected chi connectivity index (χ2v) is 25.2. The maximum absolute atomic E-state index is 11.3. The number of aryl methyl sites for hydroxylation is 1. The highest BCUT2D eigenvalue weighted by atomic mass is 28.4. The fourth-order valence-corrected chi connectivity index (χ4v) is 8.32. The number of carbonyl (C=O) groups is 1. The number of aliphatic carboxylic acids is 1. The number of benzene rings is 1. The van der Waals surface area contributed by atoms with Crippen molar-refractivity contribution in [2.45, 2.75) is 154 Å². The molecule has 1 aromatic carbocycles. The highest BCUT2D eigenvalue weighted by Gasteiger charge is 2.48. The number of unbranched alkanes of at least 4 members (excludes halogenated alkanes) is 1. The SMILES string of the molecule is CC(C)(C)[Si](C)(C)O[C@@H](CCc1ccccc1)CC[C@@H]1[C@@H](C/C=C/CCCC(=O)O)[C@@H](O)C[C@H]1O[Si](C)(C)C(C)(C)C. The third-order valence-electron chi connectivity index (χ3n) is 10.3. The van der Waals surface area contributed by atoms with E-state index < -0.39 is 28.7 Å². The third-order valence-corrected chi connectivity index (χ3v) is 19.3. The molecular formula is C35H62O5Si2. The number of allylic oxidation sites excluding steroid dienone is 2. The van der Waals surface area contributed by atoms with Crippen LogP contribution in [-0.4, -0.2) is 51.1 Å². The van der Waals surface area contributed by atoms with Crippen LogP contribution in [0.15, 0.2) is 42.5 Å². The van der Waals surface area contributed by atoms with Crippen molar-refractivity contribution in [3.8, 4) is 0 Å². The molecule has 7 heteroatoms. The van der Waals surface area contributed by atoms with Crippen molar-refractivity contribution >= 4 is 22.6 Å². The van der Waals surface area contributed by atoms with Crippen LogP contribution in [0.1, 0.15) is 98.5 Å². The largest absolute Gasteiger partial charge is 0.481 e. The molecule has 5 atom stereocenters. The normalized spacial score (nSPS) is 23.0. The predicted octanol–water partition coefficient (Wildman–Crippen LogP) is 9.38. The van der Waals surface area contributed by atoms with Crippen LogP contribution in [0.5, 0.6) is 0 Å².